The number of nitrogens with zero attached hydrogens (tertiary/aromatic N) is 4. The molecule has 1 atom stereocenters. The number of fused-ring (bicyclic) bond motifs is 1. The second-order valence-electron chi connectivity index (χ2n) is 10.8. The highest BCUT2D eigenvalue weighted by molar-refractivity contribution is 6.31. The van der Waals surface area contributed by atoms with E-state index in [0.29, 0.717) is 5.02 Å². The number of carbonyl (C=O) groups is 2. The van der Waals surface area contributed by atoms with Gasteiger partial charge in [0.05, 0.1) is 6.04 Å². The highest BCUT2D eigenvalue weighted by atomic mass is 35.5. The summed E-state index contributed by atoms with van der Waals surface area (Å²) in [5, 5.41) is 9.70. The Morgan fingerprint density at radius 2 is 1.70 bits per heavy atom. The monoisotopic (exact) mass is 562 g/mol. The van der Waals surface area contributed by atoms with Gasteiger partial charge in [0.15, 0.2) is 0 Å². The van der Waals surface area contributed by atoms with Gasteiger partial charge in [-0.2, -0.15) is 0 Å². The average Bonchev–Trinajstić information content (AvgIpc) is 3.33. The first-order valence-corrected chi connectivity index (χ1v) is 14.0. The van der Waals surface area contributed by atoms with Crippen molar-refractivity contribution in [3.8, 4) is 5.75 Å². The lowest BCUT2D eigenvalue weighted by molar-refractivity contribution is 0.144. The Labute approximate surface area is 240 Å². The van der Waals surface area contributed by atoms with Crippen LogP contribution in [0.3, 0.4) is 0 Å². The number of anilines is 2. The van der Waals surface area contributed by atoms with Crippen molar-refractivity contribution in [3.63, 3.8) is 0 Å². The molecule has 2 amide bonds. The number of rotatable bonds is 5. The molecule has 0 radical (unpaired) electrons. The molecule has 2 aromatic carbocycles. The fraction of sp³-hybridized carbons (Fsp3) is 0.387. The van der Waals surface area contributed by atoms with Crippen molar-refractivity contribution in [2.75, 3.05) is 29.9 Å². The maximum absolute atomic E-state index is 14.3. The van der Waals surface area contributed by atoms with E-state index in [9.17, 15) is 9.59 Å². The molecule has 3 aromatic rings. The number of halogens is 1. The van der Waals surface area contributed by atoms with Gasteiger partial charge < -0.3 is 19.6 Å². The minimum absolute atomic E-state index is 0.00319. The van der Waals surface area contributed by atoms with E-state index in [0.717, 1.165) is 72.5 Å². The molecule has 2 heterocycles. The number of ether oxygens (including phenoxy) is 1. The summed E-state index contributed by atoms with van der Waals surface area (Å²) in [5.41, 5.74) is 6.93. The third-order valence-electron chi connectivity index (χ3n) is 8.04. The van der Waals surface area contributed by atoms with Crippen LogP contribution >= 0.6 is 11.6 Å². The number of carbonyl (C=O) groups excluding carboxylic acids is 1. The van der Waals surface area contributed by atoms with Crippen LogP contribution in [0.15, 0.2) is 48.5 Å². The number of pyridine rings is 1. The molecule has 1 unspecified atom stereocenters. The van der Waals surface area contributed by atoms with E-state index >= 15 is 0 Å². The van der Waals surface area contributed by atoms with Crippen molar-refractivity contribution in [1.82, 2.24) is 9.88 Å². The van der Waals surface area contributed by atoms with Crippen molar-refractivity contribution in [3.05, 3.63) is 81.6 Å². The molecule has 0 bridgehead atoms. The first-order valence-electron chi connectivity index (χ1n) is 13.7. The second-order valence-corrected chi connectivity index (χ2v) is 11.2. The summed E-state index contributed by atoms with van der Waals surface area (Å²) in [6, 6.07) is 15.0. The lowest BCUT2D eigenvalue weighted by Crippen LogP contribution is -2.52. The quantitative estimate of drug-likeness (QED) is 0.268. The Bertz CT molecular complexity index is 1420. The molecule has 1 saturated heterocycles. The van der Waals surface area contributed by atoms with Crippen LogP contribution < -0.4 is 14.5 Å². The molecule has 1 aromatic heterocycles. The smallest absolute Gasteiger partial charge is 0.449 e. The van der Waals surface area contributed by atoms with Crippen LogP contribution in [0.2, 0.25) is 5.02 Å². The molecule has 1 N–H and O–H groups in total. The van der Waals surface area contributed by atoms with Crippen LogP contribution in [0.4, 0.5) is 21.0 Å². The van der Waals surface area contributed by atoms with Crippen LogP contribution in [0, 0.1) is 20.8 Å². The van der Waals surface area contributed by atoms with Crippen molar-refractivity contribution in [2.24, 2.45) is 0 Å². The standard InChI is InChI=1S/C31H35ClN4O4/c1-19-5-8-24(17-28(19)32)36(23-11-13-35(14-12-23)25-15-20(2)33-21(3)16-25)30(37)34(4)29-10-7-22-6-9-26(18-27(22)29)40-31(38)39/h5-6,8-9,15-18,23,29H,7,10-14H2,1-4H3,(H,38,39). The average molecular weight is 563 g/mol. The molecule has 0 spiro atoms. The van der Waals surface area contributed by atoms with Crippen molar-refractivity contribution >= 4 is 35.2 Å². The summed E-state index contributed by atoms with van der Waals surface area (Å²) in [7, 11) is 1.83. The van der Waals surface area contributed by atoms with E-state index in [1.165, 1.54) is 5.69 Å². The molecule has 210 valence electrons. The summed E-state index contributed by atoms with van der Waals surface area (Å²) in [4.78, 5) is 36.0. The number of aryl methyl sites for hydroxylation is 4. The van der Waals surface area contributed by atoms with Gasteiger partial charge in [-0.1, -0.05) is 23.7 Å². The normalized spacial score (nSPS) is 16.9. The fourth-order valence-corrected chi connectivity index (χ4v) is 6.19. The fourth-order valence-electron chi connectivity index (χ4n) is 6.01. The number of hydrogen-bond acceptors (Lipinski definition) is 5. The van der Waals surface area contributed by atoms with E-state index in [1.807, 2.05) is 57.0 Å². The summed E-state index contributed by atoms with van der Waals surface area (Å²) < 4.78 is 4.91. The number of urea groups is 1. The number of piperidine rings is 1. The third-order valence-corrected chi connectivity index (χ3v) is 8.45. The maximum Gasteiger partial charge on any atom is 0.511 e. The van der Waals surface area contributed by atoms with Gasteiger partial charge in [0.2, 0.25) is 0 Å². The predicted octanol–water partition coefficient (Wildman–Crippen LogP) is 6.93. The lowest BCUT2D eigenvalue weighted by atomic mass is 10.0. The van der Waals surface area contributed by atoms with Gasteiger partial charge in [0, 0.05) is 54.0 Å². The molecule has 9 heteroatoms. The molecular weight excluding hydrogens is 528 g/mol. The predicted molar refractivity (Wildman–Crippen MR) is 157 cm³/mol. The summed E-state index contributed by atoms with van der Waals surface area (Å²) in [6.45, 7) is 7.62. The Balaban J connectivity index is 1.41. The summed E-state index contributed by atoms with van der Waals surface area (Å²) >= 11 is 6.54. The molecule has 0 saturated carbocycles. The van der Waals surface area contributed by atoms with Crippen LogP contribution in [0.1, 0.15) is 53.4 Å². The Kier molecular flexibility index (Phi) is 7.90. The van der Waals surface area contributed by atoms with Crippen molar-refractivity contribution < 1.29 is 19.4 Å². The van der Waals surface area contributed by atoms with E-state index < -0.39 is 6.16 Å². The highest BCUT2D eigenvalue weighted by Crippen LogP contribution is 2.39. The largest absolute Gasteiger partial charge is 0.511 e. The van der Waals surface area contributed by atoms with Gasteiger partial charge in [-0.05, 0) is 99.5 Å². The van der Waals surface area contributed by atoms with E-state index in [-0.39, 0.29) is 23.9 Å². The van der Waals surface area contributed by atoms with Gasteiger partial charge in [-0.25, -0.2) is 9.59 Å². The van der Waals surface area contributed by atoms with Crippen LogP contribution in [-0.4, -0.2) is 53.4 Å². The zero-order valence-electron chi connectivity index (χ0n) is 23.4. The first kappa shape index (κ1) is 27.8. The van der Waals surface area contributed by atoms with E-state index in [4.69, 9.17) is 21.4 Å². The zero-order chi connectivity index (χ0) is 28.6. The topological polar surface area (TPSA) is 86.2 Å². The maximum atomic E-state index is 14.3. The number of carboxylic acid groups (broad SMARTS) is 1. The summed E-state index contributed by atoms with van der Waals surface area (Å²) in [5.74, 6) is 0.259. The van der Waals surface area contributed by atoms with Crippen LogP contribution in [0.5, 0.6) is 5.75 Å². The molecule has 5 rings (SSSR count). The van der Waals surface area contributed by atoms with Gasteiger partial charge in [-0.3, -0.25) is 9.88 Å². The summed E-state index contributed by atoms with van der Waals surface area (Å²) in [6.07, 6.45) is 1.83. The molecule has 40 heavy (non-hydrogen) atoms. The number of amides is 2. The Morgan fingerprint density at radius 1 is 1.00 bits per heavy atom. The first-order chi connectivity index (χ1) is 19.1. The van der Waals surface area contributed by atoms with Crippen molar-refractivity contribution in [2.45, 2.75) is 58.5 Å². The number of hydrogen-bond donors (Lipinski definition) is 1. The Morgan fingerprint density at radius 3 is 2.35 bits per heavy atom. The van der Waals surface area contributed by atoms with E-state index in [1.54, 1.807) is 17.0 Å². The number of aromatic nitrogens is 1. The van der Waals surface area contributed by atoms with Gasteiger partial charge in [0.25, 0.3) is 0 Å². The minimum Gasteiger partial charge on any atom is -0.449 e. The molecule has 8 nitrogen and oxygen atoms in total. The molecule has 1 aliphatic heterocycles. The molecule has 1 fully saturated rings. The van der Waals surface area contributed by atoms with Gasteiger partial charge in [0.1, 0.15) is 5.75 Å². The Hall–Kier alpha value is -3.78. The zero-order valence-corrected chi connectivity index (χ0v) is 24.1. The van der Waals surface area contributed by atoms with Crippen LogP contribution in [0.25, 0.3) is 0 Å². The molecular formula is C31H35ClN4O4. The van der Waals surface area contributed by atoms with E-state index in [2.05, 4.69) is 22.0 Å². The second kappa shape index (κ2) is 11.4. The van der Waals surface area contributed by atoms with Gasteiger partial charge >= 0.3 is 12.2 Å². The van der Waals surface area contributed by atoms with Gasteiger partial charge in [-0.15, -0.1) is 0 Å². The van der Waals surface area contributed by atoms with Crippen LogP contribution in [-0.2, 0) is 6.42 Å². The molecule has 2 aliphatic rings. The SMILES string of the molecule is Cc1cc(N2CCC(N(C(=O)N(C)C3CCc4ccc(OC(=O)O)cc43)c3ccc(C)c(Cl)c3)CC2)cc(C)n1. The molecule has 1 aliphatic carbocycles. The minimum atomic E-state index is -1.36. The lowest BCUT2D eigenvalue weighted by Gasteiger charge is -2.42. The number of benzene rings is 2. The third kappa shape index (κ3) is 5.72. The van der Waals surface area contributed by atoms with Crippen molar-refractivity contribution in [1.29, 1.82) is 0 Å². The highest BCUT2D eigenvalue weighted by Gasteiger charge is 2.36.